The molecule has 0 fully saturated rings. The monoisotopic (exact) mass is 400 g/mol. The molecule has 0 bridgehead atoms. The molecule has 0 radical (unpaired) electrons. The van der Waals surface area contributed by atoms with Gasteiger partial charge in [-0.2, -0.15) is 0 Å². The molecule has 4 rings (SSSR count). The minimum Gasteiger partial charge on any atom is -0.260 e. The fraction of sp³-hybridized carbons (Fsp3) is 0.150. The highest BCUT2D eigenvalue weighted by Crippen LogP contribution is 2.27. The van der Waals surface area contributed by atoms with Crippen molar-refractivity contribution >= 4 is 37.7 Å². The summed E-state index contributed by atoms with van der Waals surface area (Å²) in [4.78, 5) is 4.62. The molecule has 0 atom stereocenters. The topological polar surface area (TPSA) is 49.7 Å². The second-order valence-electron chi connectivity index (χ2n) is 6.17. The van der Waals surface area contributed by atoms with E-state index >= 15 is 0 Å². The van der Waals surface area contributed by atoms with Crippen molar-refractivity contribution in [2.24, 2.45) is 4.99 Å². The van der Waals surface area contributed by atoms with Crippen LogP contribution in [0, 0.1) is 5.82 Å². The third-order valence-corrected chi connectivity index (χ3v) is 7.34. The summed E-state index contributed by atoms with van der Waals surface area (Å²) < 4.78 is 40.6. The summed E-state index contributed by atoms with van der Waals surface area (Å²) >= 11 is 1.35. The van der Waals surface area contributed by atoms with E-state index in [1.165, 1.54) is 28.2 Å². The summed E-state index contributed by atoms with van der Waals surface area (Å²) in [7, 11) is -3.67. The summed E-state index contributed by atoms with van der Waals surface area (Å²) in [6.45, 7) is 0.777. The van der Waals surface area contributed by atoms with Crippen LogP contribution >= 0.6 is 11.8 Å². The van der Waals surface area contributed by atoms with Crippen LogP contribution in [0.4, 0.5) is 4.39 Å². The van der Waals surface area contributed by atoms with Crippen LogP contribution in [0.5, 0.6) is 0 Å². The smallest absolute Gasteiger partial charge is 0.260 e. The van der Waals surface area contributed by atoms with Gasteiger partial charge in [-0.05, 0) is 40.6 Å². The zero-order valence-corrected chi connectivity index (χ0v) is 16.0. The number of halogens is 1. The Labute approximate surface area is 161 Å². The van der Waals surface area contributed by atoms with Gasteiger partial charge in [0.15, 0.2) is 5.17 Å². The van der Waals surface area contributed by atoms with Crippen molar-refractivity contribution in [2.75, 3.05) is 13.1 Å². The van der Waals surface area contributed by atoms with E-state index in [2.05, 4.69) is 4.99 Å². The number of amidine groups is 1. The van der Waals surface area contributed by atoms with Crippen molar-refractivity contribution in [2.45, 2.75) is 10.6 Å². The number of aliphatic imine (C=N–C) groups is 1. The Balaban J connectivity index is 1.56. The first kappa shape index (κ1) is 18.0. The summed E-state index contributed by atoms with van der Waals surface area (Å²) in [6, 6.07) is 19.0. The zero-order valence-electron chi connectivity index (χ0n) is 14.4. The van der Waals surface area contributed by atoms with Gasteiger partial charge < -0.3 is 0 Å². The van der Waals surface area contributed by atoms with Crippen LogP contribution in [0.2, 0.25) is 0 Å². The molecule has 0 N–H and O–H groups in total. The lowest BCUT2D eigenvalue weighted by atomic mass is 10.1. The Morgan fingerprint density at radius 1 is 1.00 bits per heavy atom. The van der Waals surface area contributed by atoms with Crippen molar-refractivity contribution < 1.29 is 12.8 Å². The Kier molecular flexibility index (Phi) is 4.88. The lowest BCUT2D eigenvalue weighted by Gasteiger charge is -2.20. The van der Waals surface area contributed by atoms with Crippen LogP contribution in [-0.2, 0) is 15.8 Å². The lowest BCUT2D eigenvalue weighted by molar-refractivity contribution is 0.540. The van der Waals surface area contributed by atoms with Crippen molar-refractivity contribution in [1.82, 2.24) is 4.31 Å². The first-order valence-corrected chi connectivity index (χ1v) is 10.9. The summed E-state index contributed by atoms with van der Waals surface area (Å²) in [5.41, 5.74) is 0.916. The molecule has 3 aromatic rings. The Bertz CT molecular complexity index is 1110. The molecule has 0 amide bonds. The molecule has 0 spiro atoms. The van der Waals surface area contributed by atoms with Gasteiger partial charge in [0.1, 0.15) is 5.82 Å². The Morgan fingerprint density at radius 2 is 1.74 bits per heavy atom. The van der Waals surface area contributed by atoms with Gasteiger partial charge in [-0.25, -0.2) is 17.1 Å². The maximum absolute atomic E-state index is 13.1. The van der Waals surface area contributed by atoms with Gasteiger partial charge in [0.25, 0.3) is 10.0 Å². The Hall–Kier alpha value is -2.38. The van der Waals surface area contributed by atoms with Gasteiger partial charge in [0, 0.05) is 5.75 Å². The third kappa shape index (κ3) is 3.70. The summed E-state index contributed by atoms with van der Waals surface area (Å²) in [5.74, 6) is 0.241. The molecule has 0 saturated carbocycles. The van der Waals surface area contributed by atoms with E-state index in [1.807, 2.05) is 30.3 Å². The predicted octanol–water partition coefficient (Wildman–Crippen LogP) is 4.27. The molecular formula is C20H17FN2O2S2. The quantitative estimate of drug-likeness (QED) is 0.657. The highest BCUT2D eigenvalue weighted by Gasteiger charge is 2.31. The van der Waals surface area contributed by atoms with Gasteiger partial charge in [-0.15, -0.1) is 0 Å². The van der Waals surface area contributed by atoms with Gasteiger partial charge in [0.05, 0.1) is 18.0 Å². The molecule has 0 saturated heterocycles. The van der Waals surface area contributed by atoms with Crippen LogP contribution in [0.15, 0.2) is 76.6 Å². The second kappa shape index (κ2) is 7.32. The minimum absolute atomic E-state index is 0.262. The number of hydrogen-bond donors (Lipinski definition) is 0. The number of thioether (sulfide) groups is 1. The fourth-order valence-electron chi connectivity index (χ4n) is 2.94. The maximum Gasteiger partial charge on any atom is 0.265 e. The first-order chi connectivity index (χ1) is 13.0. The van der Waals surface area contributed by atoms with Gasteiger partial charge in [-0.3, -0.25) is 4.99 Å². The predicted molar refractivity (Wildman–Crippen MR) is 108 cm³/mol. The van der Waals surface area contributed by atoms with Crippen molar-refractivity contribution in [3.8, 4) is 0 Å². The summed E-state index contributed by atoms with van der Waals surface area (Å²) in [5, 5.41) is 2.36. The Morgan fingerprint density at radius 3 is 2.52 bits per heavy atom. The normalized spacial score (nSPS) is 14.6. The van der Waals surface area contributed by atoms with E-state index in [1.54, 1.807) is 24.3 Å². The molecule has 4 nitrogen and oxygen atoms in total. The van der Waals surface area contributed by atoms with E-state index in [0.717, 1.165) is 16.3 Å². The van der Waals surface area contributed by atoms with Crippen LogP contribution < -0.4 is 0 Å². The van der Waals surface area contributed by atoms with Gasteiger partial charge in [-0.1, -0.05) is 54.2 Å². The van der Waals surface area contributed by atoms with E-state index in [9.17, 15) is 12.8 Å². The number of nitrogens with zero attached hydrogens (tertiary/aromatic N) is 2. The summed E-state index contributed by atoms with van der Waals surface area (Å²) in [6.07, 6.45) is 0. The minimum atomic E-state index is -3.67. The molecular weight excluding hydrogens is 383 g/mol. The highest BCUT2D eigenvalue weighted by atomic mass is 32.2. The van der Waals surface area contributed by atoms with E-state index in [-0.39, 0.29) is 10.7 Å². The van der Waals surface area contributed by atoms with Crippen molar-refractivity contribution in [3.63, 3.8) is 0 Å². The molecule has 0 aromatic heterocycles. The molecule has 1 aliphatic heterocycles. The standard InChI is InChI=1S/C20H17FN2O2S2/c21-18-8-5-15(6-9-18)14-26-20-22-11-12-23(20)27(24,25)19-10-7-16-3-1-2-4-17(16)13-19/h1-10,13H,11-12,14H2. The van der Waals surface area contributed by atoms with E-state index in [4.69, 9.17) is 0 Å². The zero-order chi connectivity index (χ0) is 18.9. The second-order valence-corrected chi connectivity index (χ2v) is 8.97. The van der Waals surface area contributed by atoms with Crippen LogP contribution in [0.25, 0.3) is 10.8 Å². The third-order valence-electron chi connectivity index (χ3n) is 4.35. The number of rotatable bonds is 4. The van der Waals surface area contributed by atoms with Crippen LogP contribution in [-0.4, -0.2) is 31.0 Å². The van der Waals surface area contributed by atoms with Crippen molar-refractivity contribution in [3.05, 3.63) is 78.1 Å². The highest BCUT2D eigenvalue weighted by molar-refractivity contribution is 8.14. The van der Waals surface area contributed by atoms with Crippen LogP contribution in [0.3, 0.4) is 0 Å². The lowest BCUT2D eigenvalue weighted by Crippen LogP contribution is -2.32. The average molecular weight is 401 g/mol. The van der Waals surface area contributed by atoms with Gasteiger partial charge in [0.2, 0.25) is 0 Å². The molecule has 3 aromatic carbocycles. The first-order valence-electron chi connectivity index (χ1n) is 8.47. The van der Waals surface area contributed by atoms with E-state index < -0.39 is 10.0 Å². The van der Waals surface area contributed by atoms with Crippen LogP contribution in [0.1, 0.15) is 5.56 Å². The largest absolute Gasteiger partial charge is 0.265 e. The molecule has 27 heavy (non-hydrogen) atoms. The molecule has 1 heterocycles. The number of fused-ring (bicyclic) bond motifs is 1. The van der Waals surface area contributed by atoms with Crippen molar-refractivity contribution in [1.29, 1.82) is 0 Å². The number of hydrogen-bond acceptors (Lipinski definition) is 4. The number of sulfonamides is 1. The SMILES string of the molecule is O=S(=O)(c1ccc2ccccc2c1)N1CCN=C1SCc1ccc(F)cc1. The fourth-order valence-corrected chi connectivity index (χ4v) is 5.65. The average Bonchev–Trinajstić information content (AvgIpc) is 3.17. The molecule has 1 aliphatic rings. The molecule has 7 heteroatoms. The van der Waals surface area contributed by atoms with E-state index in [0.29, 0.717) is 24.0 Å². The van der Waals surface area contributed by atoms with Gasteiger partial charge >= 0.3 is 0 Å². The molecule has 138 valence electrons. The molecule has 0 unspecified atom stereocenters. The molecule has 0 aliphatic carbocycles. The maximum atomic E-state index is 13.1. The number of benzene rings is 3.